The Morgan fingerprint density at radius 3 is 2.71 bits per heavy atom. The Balaban J connectivity index is 2.61. The number of nitrogens with one attached hydrogen (secondary N) is 1. The van der Waals surface area contributed by atoms with Crippen molar-refractivity contribution < 1.29 is 29.6 Å². The monoisotopic (exact) mass is 302 g/mol. The van der Waals surface area contributed by atoms with Crippen molar-refractivity contribution >= 4 is 11.8 Å². The van der Waals surface area contributed by atoms with Crippen molar-refractivity contribution in [2.75, 3.05) is 20.3 Å². The number of ketones is 1. The number of Topliss-reactive ketones (excluding diaryl/α,β-unsaturated/α-hetero) is 1. The number of aliphatic hydroxyl groups excluding tert-OH is 1. The summed E-state index contributed by atoms with van der Waals surface area (Å²) in [4.78, 5) is 22.4. The Hall–Kier alpha value is -1.64. The molecule has 1 aliphatic carbocycles. The van der Waals surface area contributed by atoms with Gasteiger partial charge in [-0.1, -0.05) is 0 Å². The van der Waals surface area contributed by atoms with E-state index in [1.807, 2.05) is 0 Å². The van der Waals surface area contributed by atoms with Gasteiger partial charge in [0, 0.05) is 19.4 Å². The first-order chi connectivity index (χ1) is 9.83. The van der Waals surface area contributed by atoms with Crippen LogP contribution in [0.4, 0.5) is 0 Å². The fourth-order valence-corrected chi connectivity index (χ4v) is 2.20. The third-order valence-corrected chi connectivity index (χ3v) is 3.37. The number of hydrogen-bond acceptors (Lipinski definition) is 7. The van der Waals surface area contributed by atoms with Crippen molar-refractivity contribution in [3.8, 4) is 0 Å². The lowest BCUT2D eigenvalue weighted by atomic mass is 9.86. The third-order valence-electron chi connectivity index (χ3n) is 3.37. The number of carboxylic acids is 1. The SMILES string of the molecule is COC1=C(NCCCC(N)C(=O)O)CC(O)(CO)CC1=O. The van der Waals surface area contributed by atoms with Gasteiger partial charge in [0.15, 0.2) is 5.76 Å². The number of carbonyl (C=O) groups excluding carboxylic acids is 1. The van der Waals surface area contributed by atoms with Gasteiger partial charge in [0.05, 0.1) is 19.4 Å². The van der Waals surface area contributed by atoms with Gasteiger partial charge in [0.2, 0.25) is 5.78 Å². The molecule has 0 amide bonds. The Labute approximate surface area is 122 Å². The molecule has 8 nitrogen and oxygen atoms in total. The number of aliphatic carboxylic acids is 1. The quantitative estimate of drug-likeness (QED) is 0.349. The summed E-state index contributed by atoms with van der Waals surface area (Å²) in [6.45, 7) is -0.136. The normalized spacial score (nSPS) is 23.9. The zero-order valence-corrected chi connectivity index (χ0v) is 12.0. The molecule has 120 valence electrons. The van der Waals surface area contributed by atoms with E-state index in [-0.39, 0.29) is 30.8 Å². The van der Waals surface area contributed by atoms with E-state index in [1.165, 1.54) is 7.11 Å². The van der Waals surface area contributed by atoms with E-state index in [4.69, 9.17) is 15.6 Å². The van der Waals surface area contributed by atoms with E-state index in [0.717, 1.165) is 0 Å². The predicted molar refractivity (Wildman–Crippen MR) is 73.2 cm³/mol. The van der Waals surface area contributed by atoms with E-state index in [0.29, 0.717) is 18.7 Å². The van der Waals surface area contributed by atoms with Crippen LogP contribution in [0, 0.1) is 0 Å². The van der Waals surface area contributed by atoms with Crippen molar-refractivity contribution in [1.82, 2.24) is 5.32 Å². The second-order valence-electron chi connectivity index (χ2n) is 5.18. The molecule has 0 aromatic carbocycles. The topological polar surface area (TPSA) is 142 Å². The van der Waals surface area contributed by atoms with Crippen molar-refractivity contribution in [3.63, 3.8) is 0 Å². The molecule has 0 fully saturated rings. The minimum atomic E-state index is -1.49. The fraction of sp³-hybridized carbons (Fsp3) is 0.692. The predicted octanol–water partition coefficient (Wildman–Crippen LogP) is -1.29. The maximum Gasteiger partial charge on any atom is 0.320 e. The molecule has 21 heavy (non-hydrogen) atoms. The zero-order chi connectivity index (χ0) is 16.0. The van der Waals surface area contributed by atoms with Gasteiger partial charge in [-0.05, 0) is 12.8 Å². The Kier molecular flexibility index (Phi) is 6.13. The van der Waals surface area contributed by atoms with Crippen LogP contribution in [0.1, 0.15) is 25.7 Å². The first kappa shape index (κ1) is 17.4. The molecule has 0 bridgehead atoms. The second kappa shape index (κ2) is 7.39. The van der Waals surface area contributed by atoms with Gasteiger partial charge in [0.1, 0.15) is 11.6 Å². The van der Waals surface area contributed by atoms with E-state index in [9.17, 15) is 19.8 Å². The molecule has 0 saturated carbocycles. The molecule has 0 radical (unpaired) electrons. The summed E-state index contributed by atoms with van der Waals surface area (Å²) in [7, 11) is 1.36. The number of aliphatic hydroxyl groups is 2. The Morgan fingerprint density at radius 1 is 1.52 bits per heavy atom. The number of methoxy groups -OCH3 is 1. The highest BCUT2D eigenvalue weighted by Gasteiger charge is 2.38. The van der Waals surface area contributed by atoms with E-state index < -0.39 is 24.2 Å². The largest absolute Gasteiger partial charge is 0.491 e. The van der Waals surface area contributed by atoms with Crippen LogP contribution in [0.5, 0.6) is 0 Å². The number of ether oxygens (including phenoxy) is 1. The molecule has 8 heteroatoms. The van der Waals surface area contributed by atoms with Crippen LogP contribution in [-0.2, 0) is 14.3 Å². The maximum atomic E-state index is 11.8. The number of carboxylic acid groups (broad SMARTS) is 1. The number of allylic oxidation sites excluding steroid dienone is 1. The fourth-order valence-electron chi connectivity index (χ4n) is 2.20. The molecule has 0 aromatic heterocycles. The van der Waals surface area contributed by atoms with Gasteiger partial charge in [0.25, 0.3) is 0 Å². The molecule has 2 unspecified atom stereocenters. The van der Waals surface area contributed by atoms with Crippen LogP contribution in [0.15, 0.2) is 11.5 Å². The summed E-state index contributed by atoms with van der Waals surface area (Å²) in [6, 6.07) is -0.926. The lowest BCUT2D eigenvalue weighted by Gasteiger charge is -2.32. The van der Waals surface area contributed by atoms with E-state index in [1.54, 1.807) is 0 Å². The highest BCUT2D eigenvalue weighted by atomic mass is 16.5. The first-order valence-electron chi connectivity index (χ1n) is 6.69. The summed E-state index contributed by atoms with van der Waals surface area (Å²) in [6.07, 6.45) is 0.654. The molecule has 0 aromatic rings. The van der Waals surface area contributed by atoms with Crippen LogP contribution in [-0.4, -0.2) is 59.0 Å². The minimum Gasteiger partial charge on any atom is -0.491 e. The highest BCUT2D eigenvalue weighted by molar-refractivity contribution is 5.95. The number of rotatable bonds is 8. The second-order valence-corrected chi connectivity index (χ2v) is 5.18. The summed E-state index contributed by atoms with van der Waals surface area (Å²) < 4.78 is 5.03. The lowest BCUT2D eigenvalue weighted by Crippen LogP contribution is -2.43. The first-order valence-corrected chi connectivity index (χ1v) is 6.69. The van der Waals surface area contributed by atoms with Gasteiger partial charge in [-0.15, -0.1) is 0 Å². The Morgan fingerprint density at radius 2 is 2.19 bits per heavy atom. The van der Waals surface area contributed by atoms with Crippen molar-refractivity contribution in [3.05, 3.63) is 11.5 Å². The van der Waals surface area contributed by atoms with Gasteiger partial charge in [-0.25, -0.2) is 0 Å². The van der Waals surface area contributed by atoms with Crippen LogP contribution < -0.4 is 11.1 Å². The van der Waals surface area contributed by atoms with Crippen LogP contribution in [0.3, 0.4) is 0 Å². The molecule has 0 spiro atoms. The summed E-state index contributed by atoms with van der Waals surface area (Å²) >= 11 is 0. The molecule has 0 saturated heterocycles. The molecule has 2 atom stereocenters. The van der Waals surface area contributed by atoms with Crippen molar-refractivity contribution in [2.24, 2.45) is 5.73 Å². The number of carbonyl (C=O) groups is 2. The lowest BCUT2D eigenvalue weighted by molar-refractivity contribution is -0.138. The Bertz CT molecular complexity index is 436. The molecular weight excluding hydrogens is 280 g/mol. The zero-order valence-electron chi connectivity index (χ0n) is 12.0. The van der Waals surface area contributed by atoms with Gasteiger partial charge >= 0.3 is 5.97 Å². The summed E-state index contributed by atoms with van der Waals surface area (Å²) in [5, 5.41) is 30.8. The minimum absolute atomic E-state index is 0.0728. The van der Waals surface area contributed by atoms with Gasteiger partial charge < -0.3 is 31.1 Å². The maximum absolute atomic E-state index is 11.8. The van der Waals surface area contributed by atoms with Gasteiger partial charge in [-0.2, -0.15) is 0 Å². The standard InChI is InChI=1S/C13H22N2O6/c1-21-11-9(5-13(20,7-16)6-10(11)17)15-4-2-3-8(14)12(18)19/h8,15-16,20H,2-7,14H2,1H3,(H,18,19). The third kappa shape index (κ3) is 4.69. The highest BCUT2D eigenvalue weighted by Crippen LogP contribution is 2.29. The molecule has 1 rings (SSSR count). The summed E-state index contributed by atoms with van der Waals surface area (Å²) in [5.74, 6) is -1.31. The molecule has 0 aliphatic heterocycles. The van der Waals surface area contributed by atoms with Gasteiger partial charge in [-0.3, -0.25) is 9.59 Å². The van der Waals surface area contributed by atoms with Crippen LogP contribution in [0.2, 0.25) is 0 Å². The van der Waals surface area contributed by atoms with E-state index >= 15 is 0 Å². The molecule has 6 N–H and O–H groups in total. The number of hydrogen-bond donors (Lipinski definition) is 5. The molecule has 0 heterocycles. The average molecular weight is 302 g/mol. The van der Waals surface area contributed by atoms with E-state index in [2.05, 4.69) is 5.32 Å². The summed E-state index contributed by atoms with van der Waals surface area (Å²) in [5.41, 5.74) is 4.31. The van der Waals surface area contributed by atoms with Crippen molar-refractivity contribution in [2.45, 2.75) is 37.3 Å². The molecular formula is C13H22N2O6. The smallest absolute Gasteiger partial charge is 0.320 e. The average Bonchev–Trinajstić information content (AvgIpc) is 2.42. The van der Waals surface area contributed by atoms with Crippen molar-refractivity contribution in [1.29, 1.82) is 0 Å². The van der Waals surface area contributed by atoms with Crippen LogP contribution in [0.25, 0.3) is 0 Å². The number of nitrogens with two attached hydrogens (primary N) is 1. The van der Waals surface area contributed by atoms with Crippen LogP contribution >= 0.6 is 0 Å². The molecule has 1 aliphatic rings.